The van der Waals surface area contributed by atoms with Crippen molar-refractivity contribution in [3.63, 3.8) is 0 Å². The maximum absolute atomic E-state index is 12.4. The van der Waals surface area contributed by atoms with Crippen LogP contribution in [0, 0.1) is 0 Å². The highest BCUT2D eigenvalue weighted by atomic mass is 32.1. The number of amides is 3. The summed E-state index contributed by atoms with van der Waals surface area (Å²) in [4.78, 5) is 40.0. The molecular formula is C19H26N6O4S. The molecule has 1 aliphatic rings. The van der Waals surface area contributed by atoms with Gasteiger partial charge in [0, 0.05) is 43.7 Å². The average molecular weight is 435 g/mol. The first-order valence-electron chi connectivity index (χ1n) is 9.60. The van der Waals surface area contributed by atoms with Gasteiger partial charge < -0.3 is 19.8 Å². The highest BCUT2D eigenvalue weighted by Gasteiger charge is 2.26. The Bertz CT molecular complexity index is 845. The zero-order valence-corrected chi connectivity index (χ0v) is 18.1. The zero-order valence-electron chi connectivity index (χ0n) is 17.2. The molecule has 0 atom stereocenters. The van der Waals surface area contributed by atoms with Gasteiger partial charge in [-0.05, 0) is 26.8 Å². The molecule has 1 aliphatic heterocycles. The minimum Gasteiger partial charge on any atom is -0.410 e. The summed E-state index contributed by atoms with van der Waals surface area (Å²) in [5, 5.41) is 2.80. The molecule has 2 aromatic rings. The number of carbonyl (C=O) groups is 2. The van der Waals surface area contributed by atoms with E-state index in [1.54, 1.807) is 34.4 Å². The maximum atomic E-state index is 12.4. The highest BCUT2D eigenvalue weighted by Crippen LogP contribution is 2.20. The number of pyridine rings is 1. The molecule has 0 aromatic carbocycles. The van der Waals surface area contributed by atoms with E-state index in [0.717, 1.165) is 4.31 Å². The molecule has 0 spiro atoms. The van der Waals surface area contributed by atoms with E-state index in [2.05, 4.69) is 28.1 Å². The molecule has 3 heterocycles. The van der Waals surface area contributed by atoms with Gasteiger partial charge in [-0.15, -0.1) is 0 Å². The zero-order chi connectivity index (χ0) is 21.7. The standard InChI is InChI=1S/C19H26N6O4S/c1-19(2,3)22-17(26)25(30)14-4-5-16(21-12-14)28-18(27)23-9-6-15(7-10-23)29-24-11-8-20-13-24/h4-5,8,11-13,15,30H,6-7,9-10H2,1-3H3,(H,22,26). The van der Waals surface area contributed by atoms with Gasteiger partial charge in [0.05, 0.1) is 18.1 Å². The third kappa shape index (κ3) is 6.02. The lowest BCUT2D eigenvalue weighted by Crippen LogP contribution is -2.45. The van der Waals surface area contributed by atoms with E-state index in [-0.39, 0.29) is 18.0 Å². The molecule has 1 fully saturated rings. The van der Waals surface area contributed by atoms with E-state index in [4.69, 9.17) is 9.57 Å². The summed E-state index contributed by atoms with van der Waals surface area (Å²) in [7, 11) is 0. The molecule has 0 unspecified atom stereocenters. The van der Waals surface area contributed by atoms with Gasteiger partial charge in [0.25, 0.3) is 0 Å². The molecule has 3 amide bonds. The Balaban J connectivity index is 1.48. The van der Waals surface area contributed by atoms with Crippen molar-refractivity contribution in [1.82, 2.24) is 24.9 Å². The maximum Gasteiger partial charge on any atom is 0.416 e. The third-order valence-corrected chi connectivity index (χ3v) is 4.70. The molecule has 0 aliphatic carbocycles. The number of urea groups is 1. The van der Waals surface area contributed by atoms with Crippen LogP contribution in [0.4, 0.5) is 15.3 Å². The predicted molar refractivity (Wildman–Crippen MR) is 113 cm³/mol. The fourth-order valence-corrected chi connectivity index (χ4v) is 3.00. The van der Waals surface area contributed by atoms with Crippen LogP contribution in [0.15, 0.2) is 37.1 Å². The SMILES string of the molecule is CC(C)(C)NC(=O)N(S)c1ccc(OC(=O)N2CCC(On3ccnc3)CC2)nc1. The number of ether oxygens (including phenoxy) is 1. The second-order valence-electron chi connectivity index (χ2n) is 7.93. The van der Waals surface area contributed by atoms with E-state index in [1.165, 1.54) is 12.3 Å². The van der Waals surface area contributed by atoms with Crippen LogP contribution in [0.5, 0.6) is 5.88 Å². The molecule has 1 N–H and O–H groups in total. The van der Waals surface area contributed by atoms with E-state index in [9.17, 15) is 9.59 Å². The number of piperidine rings is 1. The van der Waals surface area contributed by atoms with Gasteiger partial charge in [-0.25, -0.2) is 23.9 Å². The van der Waals surface area contributed by atoms with Gasteiger partial charge >= 0.3 is 12.1 Å². The summed E-state index contributed by atoms with van der Waals surface area (Å²) >= 11 is 4.20. The summed E-state index contributed by atoms with van der Waals surface area (Å²) in [5.74, 6) is 0.151. The van der Waals surface area contributed by atoms with Gasteiger partial charge in [-0.3, -0.25) is 0 Å². The quantitative estimate of drug-likeness (QED) is 0.717. The van der Waals surface area contributed by atoms with E-state index in [1.807, 2.05) is 20.8 Å². The number of thiol groups is 1. The largest absolute Gasteiger partial charge is 0.416 e. The Hall–Kier alpha value is -2.95. The number of aromatic nitrogens is 3. The number of carbonyl (C=O) groups excluding carboxylic acids is 2. The minimum absolute atomic E-state index is 0.0151. The van der Waals surface area contributed by atoms with Crippen molar-refractivity contribution in [3.8, 4) is 5.88 Å². The normalized spacial score (nSPS) is 14.9. The number of rotatable bonds is 4. The molecule has 2 aromatic heterocycles. The highest BCUT2D eigenvalue weighted by molar-refractivity contribution is 7.82. The van der Waals surface area contributed by atoms with Crippen molar-refractivity contribution in [3.05, 3.63) is 37.1 Å². The second-order valence-corrected chi connectivity index (χ2v) is 8.33. The number of hydrogen-bond donors (Lipinski definition) is 2. The van der Waals surface area contributed by atoms with Crippen LogP contribution >= 0.6 is 12.8 Å². The molecule has 162 valence electrons. The molecule has 10 nitrogen and oxygen atoms in total. The first-order chi connectivity index (χ1) is 14.2. The molecular weight excluding hydrogens is 408 g/mol. The van der Waals surface area contributed by atoms with Crippen molar-refractivity contribution in [2.75, 3.05) is 17.4 Å². The number of hydrogen-bond acceptors (Lipinski definition) is 7. The van der Waals surface area contributed by atoms with Gasteiger partial charge in [-0.2, -0.15) is 4.73 Å². The molecule has 0 bridgehead atoms. The summed E-state index contributed by atoms with van der Waals surface area (Å²) in [6, 6.07) is 2.75. The molecule has 11 heteroatoms. The van der Waals surface area contributed by atoms with Crippen LogP contribution in [0.2, 0.25) is 0 Å². The van der Waals surface area contributed by atoms with E-state index < -0.39 is 11.6 Å². The molecule has 3 rings (SSSR count). The Morgan fingerprint density at radius 3 is 2.57 bits per heavy atom. The summed E-state index contributed by atoms with van der Waals surface area (Å²) in [5.41, 5.74) is 0.0652. The fraction of sp³-hybridized carbons (Fsp3) is 0.474. The number of nitrogens with zero attached hydrogens (tertiary/aromatic N) is 5. The predicted octanol–water partition coefficient (Wildman–Crippen LogP) is 2.53. The van der Waals surface area contributed by atoms with Crippen LogP contribution in [-0.2, 0) is 0 Å². The second kappa shape index (κ2) is 9.24. The van der Waals surface area contributed by atoms with Crippen molar-refractivity contribution < 1.29 is 19.2 Å². The number of nitrogens with one attached hydrogen (secondary N) is 1. The summed E-state index contributed by atoms with van der Waals surface area (Å²) in [6.45, 7) is 6.67. The van der Waals surface area contributed by atoms with Crippen LogP contribution in [-0.4, -0.2) is 56.5 Å². The number of imidazole rings is 1. The van der Waals surface area contributed by atoms with Gasteiger partial charge in [0.1, 0.15) is 12.4 Å². The number of anilines is 1. The average Bonchev–Trinajstić information content (AvgIpc) is 3.20. The fourth-order valence-electron chi connectivity index (χ4n) is 2.83. The van der Waals surface area contributed by atoms with E-state index >= 15 is 0 Å². The van der Waals surface area contributed by atoms with Crippen molar-refractivity contribution in [2.24, 2.45) is 0 Å². The Kier molecular flexibility index (Phi) is 6.70. The Morgan fingerprint density at radius 2 is 2.00 bits per heavy atom. The van der Waals surface area contributed by atoms with Gasteiger partial charge in [-0.1, -0.05) is 12.8 Å². The van der Waals surface area contributed by atoms with Crippen LogP contribution in [0.25, 0.3) is 0 Å². The van der Waals surface area contributed by atoms with Crippen LogP contribution in [0.3, 0.4) is 0 Å². The summed E-state index contributed by atoms with van der Waals surface area (Å²) in [6.07, 6.45) is 7.32. The molecule has 0 saturated carbocycles. The van der Waals surface area contributed by atoms with Crippen molar-refractivity contribution in [2.45, 2.75) is 45.3 Å². The minimum atomic E-state index is -0.468. The Morgan fingerprint density at radius 1 is 1.27 bits per heavy atom. The van der Waals surface area contributed by atoms with Crippen LogP contribution < -0.4 is 19.2 Å². The van der Waals surface area contributed by atoms with E-state index in [0.29, 0.717) is 31.6 Å². The smallest absolute Gasteiger partial charge is 0.410 e. The van der Waals surface area contributed by atoms with Crippen molar-refractivity contribution in [1.29, 1.82) is 0 Å². The molecule has 1 saturated heterocycles. The first kappa shape index (κ1) is 21.8. The van der Waals surface area contributed by atoms with Crippen molar-refractivity contribution >= 4 is 30.6 Å². The lowest BCUT2D eigenvalue weighted by atomic mass is 10.1. The lowest BCUT2D eigenvalue weighted by molar-refractivity contribution is -0.000120. The number of likely N-dealkylation sites (tertiary alicyclic amines) is 1. The lowest BCUT2D eigenvalue weighted by Gasteiger charge is -2.30. The Labute approximate surface area is 180 Å². The third-order valence-electron chi connectivity index (χ3n) is 4.28. The first-order valence-corrected chi connectivity index (χ1v) is 10.0. The summed E-state index contributed by atoms with van der Waals surface area (Å²) < 4.78 is 8.06. The molecule has 30 heavy (non-hydrogen) atoms. The van der Waals surface area contributed by atoms with Gasteiger partial charge in [0.15, 0.2) is 0 Å². The molecule has 0 radical (unpaired) electrons. The van der Waals surface area contributed by atoms with Gasteiger partial charge in [0.2, 0.25) is 5.88 Å². The topological polar surface area (TPSA) is 102 Å². The monoisotopic (exact) mass is 434 g/mol. The van der Waals surface area contributed by atoms with Crippen LogP contribution in [0.1, 0.15) is 33.6 Å².